The number of rotatable bonds is 8. The Morgan fingerprint density at radius 1 is 0.838 bits per heavy atom. The number of benzene rings is 3. The van der Waals surface area contributed by atoms with Crippen molar-refractivity contribution in [1.82, 2.24) is 24.4 Å². The van der Waals surface area contributed by atoms with E-state index in [1.54, 1.807) is 33.7 Å². The monoisotopic (exact) mass is 493 g/mol. The molecule has 0 radical (unpaired) electrons. The number of hydrogen-bond acceptors (Lipinski definition) is 4. The first-order chi connectivity index (χ1) is 18.0. The summed E-state index contributed by atoms with van der Waals surface area (Å²) in [5, 5.41) is 4.75. The molecule has 0 aliphatic heterocycles. The van der Waals surface area contributed by atoms with Crippen molar-refractivity contribution < 1.29 is 9.18 Å². The van der Waals surface area contributed by atoms with Gasteiger partial charge in [0.15, 0.2) is 5.65 Å². The Balaban J connectivity index is 1.64. The smallest absolute Gasteiger partial charge is 0.273 e. The van der Waals surface area contributed by atoms with Crippen LogP contribution in [0.5, 0.6) is 0 Å². The zero-order chi connectivity index (χ0) is 25.8. The summed E-state index contributed by atoms with van der Waals surface area (Å²) in [6, 6.07) is 29.6. The summed E-state index contributed by atoms with van der Waals surface area (Å²) in [6.07, 6.45) is 0. The van der Waals surface area contributed by atoms with E-state index in [2.05, 4.69) is 0 Å². The van der Waals surface area contributed by atoms with Crippen LogP contribution in [0.15, 0.2) is 97.1 Å². The van der Waals surface area contributed by atoms with Crippen LogP contribution in [0.25, 0.3) is 28.2 Å². The fraction of sp³-hybridized carbons (Fsp3) is 0.167. The van der Waals surface area contributed by atoms with Gasteiger partial charge < -0.3 is 9.80 Å². The molecule has 5 aromatic rings. The summed E-state index contributed by atoms with van der Waals surface area (Å²) < 4.78 is 16.3. The molecule has 7 heteroatoms. The van der Waals surface area contributed by atoms with Crippen molar-refractivity contribution in [2.75, 3.05) is 27.2 Å². The molecule has 5 rings (SSSR count). The molecular formula is C30H28FN5O. The van der Waals surface area contributed by atoms with Crippen LogP contribution in [0.2, 0.25) is 0 Å². The lowest BCUT2D eigenvalue weighted by Crippen LogP contribution is -2.37. The minimum Gasteiger partial charge on any atom is -0.332 e. The number of fused-ring (bicyclic) bond motifs is 1. The lowest BCUT2D eigenvalue weighted by Gasteiger charge is -2.25. The molecule has 1 amide bonds. The van der Waals surface area contributed by atoms with Crippen LogP contribution in [-0.4, -0.2) is 57.5 Å². The molecule has 2 heterocycles. The van der Waals surface area contributed by atoms with Crippen molar-refractivity contribution in [3.05, 3.63) is 114 Å². The van der Waals surface area contributed by atoms with Crippen molar-refractivity contribution in [3.8, 4) is 22.5 Å². The summed E-state index contributed by atoms with van der Waals surface area (Å²) >= 11 is 0. The van der Waals surface area contributed by atoms with Gasteiger partial charge in [0.25, 0.3) is 5.91 Å². The van der Waals surface area contributed by atoms with Crippen LogP contribution in [-0.2, 0) is 6.54 Å². The van der Waals surface area contributed by atoms with Crippen molar-refractivity contribution in [1.29, 1.82) is 0 Å². The summed E-state index contributed by atoms with van der Waals surface area (Å²) in [6.45, 7) is 1.66. The van der Waals surface area contributed by atoms with Gasteiger partial charge in [0.1, 0.15) is 11.5 Å². The number of hydrogen-bond donors (Lipinski definition) is 0. The Bertz CT molecular complexity index is 1520. The third kappa shape index (κ3) is 5.42. The van der Waals surface area contributed by atoms with Crippen LogP contribution in [0.1, 0.15) is 16.1 Å². The molecule has 0 spiro atoms. The predicted molar refractivity (Wildman–Crippen MR) is 144 cm³/mol. The van der Waals surface area contributed by atoms with Crippen molar-refractivity contribution in [2.24, 2.45) is 0 Å². The molecule has 0 N–H and O–H groups in total. The van der Waals surface area contributed by atoms with Gasteiger partial charge in [-0.3, -0.25) is 4.79 Å². The highest BCUT2D eigenvalue weighted by molar-refractivity contribution is 5.94. The third-order valence-corrected chi connectivity index (χ3v) is 6.19. The van der Waals surface area contributed by atoms with Gasteiger partial charge in [-0.15, -0.1) is 0 Å². The molecular weight excluding hydrogens is 465 g/mol. The number of amides is 1. The normalized spacial score (nSPS) is 11.2. The highest BCUT2D eigenvalue weighted by Gasteiger charge is 2.23. The summed E-state index contributed by atoms with van der Waals surface area (Å²) in [7, 11) is 3.96. The van der Waals surface area contributed by atoms with Gasteiger partial charge >= 0.3 is 0 Å². The van der Waals surface area contributed by atoms with E-state index in [0.717, 1.165) is 11.1 Å². The zero-order valence-electron chi connectivity index (χ0n) is 20.9. The second-order valence-corrected chi connectivity index (χ2v) is 9.19. The molecule has 0 saturated heterocycles. The first-order valence-corrected chi connectivity index (χ1v) is 12.2. The van der Waals surface area contributed by atoms with Crippen molar-refractivity contribution in [3.63, 3.8) is 0 Å². The lowest BCUT2D eigenvalue weighted by molar-refractivity contribution is 0.0723. The van der Waals surface area contributed by atoms with Gasteiger partial charge in [0.2, 0.25) is 0 Å². The molecule has 0 fully saturated rings. The summed E-state index contributed by atoms with van der Waals surface area (Å²) in [5.74, 6) is -0.590. The van der Waals surface area contributed by atoms with E-state index < -0.39 is 5.82 Å². The highest BCUT2D eigenvalue weighted by Crippen LogP contribution is 2.26. The molecule has 6 nitrogen and oxygen atoms in total. The summed E-state index contributed by atoms with van der Waals surface area (Å²) in [5.41, 5.74) is 4.17. The predicted octanol–water partition coefficient (Wildman–Crippen LogP) is 5.41. The Morgan fingerprint density at radius 3 is 2.22 bits per heavy atom. The van der Waals surface area contributed by atoms with Crippen molar-refractivity contribution in [2.45, 2.75) is 6.54 Å². The van der Waals surface area contributed by atoms with Crippen molar-refractivity contribution >= 4 is 11.6 Å². The Labute approximate surface area is 215 Å². The SMILES string of the molecule is CN(C)CCN(Cc1ccccc1)C(=O)c1cc(-c2ccccc2F)nc2cc(-c3ccccc3)nn12. The number of carbonyl (C=O) groups is 1. The first-order valence-electron chi connectivity index (χ1n) is 12.2. The van der Waals surface area contributed by atoms with Crippen LogP contribution < -0.4 is 0 Å². The van der Waals surface area contributed by atoms with E-state index in [-0.39, 0.29) is 5.91 Å². The third-order valence-electron chi connectivity index (χ3n) is 6.19. The molecule has 2 aromatic heterocycles. The molecule has 186 valence electrons. The van der Waals surface area contributed by atoms with Crippen LogP contribution in [0.3, 0.4) is 0 Å². The zero-order valence-corrected chi connectivity index (χ0v) is 20.9. The second-order valence-electron chi connectivity index (χ2n) is 9.19. The fourth-order valence-electron chi connectivity index (χ4n) is 4.22. The van der Waals surface area contributed by atoms with Gasteiger partial charge in [-0.25, -0.2) is 13.9 Å². The number of likely N-dealkylation sites (N-methyl/N-ethyl adjacent to an activating group) is 1. The van der Waals surface area contributed by atoms with Gasteiger partial charge in [-0.1, -0.05) is 72.8 Å². The molecule has 0 unspecified atom stereocenters. The number of halogens is 1. The van der Waals surface area contributed by atoms with E-state index in [4.69, 9.17) is 10.1 Å². The fourth-order valence-corrected chi connectivity index (χ4v) is 4.22. The molecule has 0 aliphatic rings. The summed E-state index contributed by atoms with van der Waals surface area (Å²) in [4.78, 5) is 22.7. The van der Waals surface area contributed by atoms with Gasteiger partial charge in [-0.2, -0.15) is 5.10 Å². The quantitative estimate of drug-likeness (QED) is 0.290. The Kier molecular flexibility index (Phi) is 7.05. The number of carbonyl (C=O) groups excluding carboxylic acids is 1. The topological polar surface area (TPSA) is 53.7 Å². The van der Waals surface area contributed by atoms with E-state index in [9.17, 15) is 9.18 Å². The average molecular weight is 494 g/mol. The molecule has 0 atom stereocenters. The van der Waals surface area contributed by atoms with E-state index in [1.807, 2.05) is 85.7 Å². The second kappa shape index (κ2) is 10.7. The number of aromatic nitrogens is 3. The van der Waals surface area contributed by atoms with Gasteiger partial charge in [-0.05, 0) is 37.9 Å². The van der Waals surface area contributed by atoms with Crippen LogP contribution in [0, 0.1) is 5.82 Å². The Hall–Kier alpha value is -4.36. The molecule has 3 aromatic carbocycles. The molecule has 37 heavy (non-hydrogen) atoms. The van der Waals surface area contributed by atoms with Crippen LogP contribution in [0.4, 0.5) is 4.39 Å². The first kappa shape index (κ1) is 24.3. The minimum absolute atomic E-state index is 0.196. The maximum atomic E-state index is 14.8. The largest absolute Gasteiger partial charge is 0.332 e. The Morgan fingerprint density at radius 2 is 1.51 bits per heavy atom. The standard InChI is InChI=1S/C30H28FN5O/c1-34(2)17-18-35(21-22-11-5-3-6-12-22)30(37)28-19-27(24-15-9-10-16-25(24)31)32-29-20-26(33-36(28)29)23-13-7-4-8-14-23/h3-16,19-20H,17-18,21H2,1-2H3. The molecule has 0 aliphatic carbocycles. The van der Waals surface area contributed by atoms with E-state index in [1.165, 1.54) is 6.07 Å². The number of nitrogens with zero attached hydrogens (tertiary/aromatic N) is 5. The van der Waals surface area contributed by atoms with Gasteiger partial charge in [0, 0.05) is 36.8 Å². The maximum Gasteiger partial charge on any atom is 0.273 e. The lowest BCUT2D eigenvalue weighted by atomic mass is 10.1. The molecule has 0 bridgehead atoms. The van der Waals surface area contributed by atoms with E-state index >= 15 is 0 Å². The highest BCUT2D eigenvalue weighted by atomic mass is 19.1. The average Bonchev–Trinajstić information content (AvgIpc) is 3.36. The molecule has 0 saturated carbocycles. The maximum absolute atomic E-state index is 14.8. The van der Waals surface area contributed by atoms with E-state index in [0.29, 0.717) is 47.9 Å². The van der Waals surface area contributed by atoms with Crippen LogP contribution >= 0.6 is 0 Å². The minimum atomic E-state index is -0.394. The van der Waals surface area contributed by atoms with Gasteiger partial charge in [0.05, 0.1) is 11.4 Å².